The van der Waals surface area contributed by atoms with E-state index in [1.807, 2.05) is 37.3 Å². The van der Waals surface area contributed by atoms with E-state index in [0.29, 0.717) is 41.2 Å². The summed E-state index contributed by atoms with van der Waals surface area (Å²) in [6, 6.07) is 9.72. The minimum absolute atomic E-state index is 0.0562. The number of carbonyl (C=O) groups excluding carboxylic acids is 2. The molecule has 1 aromatic carbocycles. The van der Waals surface area contributed by atoms with Crippen molar-refractivity contribution in [2.75, 3.05) is 6.61 Å². The lowest BCUT2D eigenvalue weighted by molar-refractivity contribution is -0.138. The molecule has 0 fully saturated rings. The average molecular weight is 355 g/mol. The summed E-state index contributed by atoms with van der Waals surface area (Å²) >= 11 is 0. The standard InChI is InChI=1S/C23H30O3/c1-4-6-7-8-12-15-19-17(3)16-20(24)21(18-13-10-9-11-14-18)22(19)23(25)26-5-2/h9-11,13-15,17H,4-8,12,16H2,1-3H3/b19-15-/i15D. The molecule has 0 saturated carbocycles. The number of carbonyl (C=O) groups is 2. The first-order valence-electron chi connectivity index (χ1n) is 10.2. The number of hydrogen-bond donors (Lipinski definition) is 0. The van der Waals surface area contributed by atoms with Gasteiger partial charge in [0.15, 0.2) is 5.78 Å². The fourth-order valence-corrected chi connectivity index (χ4v) is 3.37. The average Bonchev–Trinajstić information content (AvgIpc) is 2.65. The van der Waals surface area contributed by atoms with E-state index < -0.39 is 5.97 Å². The monoisotopic (exact) mass is 355 g/mol. The predicted molar refractivity (Wildman–Crippen MR) is 106 cm³/mol. The molecule has 3 nitrogen and oxygen atoms in total. The molecule has 1 aliphatic carbocycles. The van der Waals surface area contributed by atoms with Crippen LogP contribution in [0.25, 0.3) is 5.57 Å². The molecule has 1 unspecified atom stereocenters. The van der Waals surface area contributed by atoms with E-state index in [-0.39, 0.29) is 18.3 Å². The van der Waals surface area contributed by atoms with E-state index >= 15 is 0 Å². The number of rotatable bonds is 8. The molecule has 0 aliphatic heterocycles. The van der Waals surface area contributed by atoms with Gasteiger partial charge in [0.2, 0.25) is 0 Å². The molecular weight excluding hydrogens is 324 g/mol. The first-order valence-corrected chi connectivity index (χ1v) is 9.71. The van der Waals surface area contributed by atoms with Crippen LogP contribution in [0.3, 0.4) is 0 Å². The van der Waals surface area contributed by atoms with Crippen LogP contribution in [0.4, 0.5) is 0 Å². The fourth-order valence-electron chi connectivity index (χ4n) is 3.37. The maximum absolute atomic E-state index is 12.8. The molecule has 0 saturated heterocycles. The van der Waals surface area contributed by atoms with Crippen molar-refractivity contribution in [1.82, 2.24) is 0 Å². The van der Waals surface area contributed by atoms with Crippen molar-refractivity contribution in [3.8, 4) is 0 Å². The number of allylic oxidation sites excluding steroid dienone is 2. The van der Waals surface area contributed by atoms with Crippen LogP contribution in [0.2, 0.25) is 0 Å². The van der Waals surface area contributed by atoms with Crippen LogP contribution >= 0.6 is 0 Å². The number of hydrogen-bond acceptors (Lipinski definition) is 3. The van der Waals surface area contributed by atoms with Crippen LogP contribution in [0.15, 0.2) is 47.5 Å². The van der Waals surface area contributed by atoms with Crippen LogP contribution in [0.1, 0.15) is 66.2 Å². The zero-order chi connectivity index (χ0) is 19.8. The largest absolute Gasteiger partial charge is 0.462 e. The highest BCUT2D eigenvalue weighted by Crippen LogP contribution is 2.38. The Kier molecular flexibility index (Phi) is 7.24. The molecule has 0 bridgehead atoms. The lowest BCUT2D eigenvalue weighted by Gasteiger charge is -2.26. The molecule has 0 heterocycles. The van der Waals surface area contributed by atoms with E-state index in [1.54, 1.807) is 6.92 Å². The molecule has 2 rings (SSSR count). The van der Waals surface area contributed by atoms with Crippen LogP contribution in [0, 0.1) is 5.92 Å². The molecule has 1 aromatic rings. The van der Waals surface area contributed by atoms with Gasteiger partial charge in [0.25, 0.3) is 0 Å². The molecule has 1 atom stereocenters. The van der Waals surface area contributed by atoms with Crippen molar-refractivity contribution in [2.24, 2.45) is 5.92 Å². The van der Waals surface area contributed by atoms with E-state index in [0.717, 1.165) is 25.7 Å². The highest BCUT2D eigenvalue weighted by Gasteiger charge is 2.34. The molecular formula is C23H30O3. The number of esters is 1. The van der Waals surface area contributed by atoms with Gasteiger partial charge in [-0.05, 0) is 36.8 Å². The maximum Gasteiger partial charge on any atom is 0.339 e. The van der Waals surface area contributed by atoms with E-state index in [2.05, 4.69) is 6.92 Å². The van der Waals surface area contributed by atoms with Crippen LogP contribution in [-0.4, -0.2) is 18.4 Å². The van der Waals surface area contributed by atoms with Gasteiger partial charge in [-0.2, -0.15) is 0 Å². The summed E-state index contributed by atoms with van der Waals surface area (Å²) in [6.45, 7) is 6.08. The second kappa shape index (κ2) is 10.1. The number of unbranched alkanes of at least 4 members (excludes halogenated alkanes) is 3. The van der Waals surface area contributed by atoms with Gasteiger partial charge in [-0.25, -0.2) is 4.79 Å². The van der Waals surface area contributed by atoms with Gasteiger partial charge >= 0.3 is 5.97 Å². The first-order chi connectivity index (χ1) is 13.0. The van der Waals surface area contributed by atoms with Crippen molar-refractivity contribution in [3.05, 3.63) is 53.1 Å². The quantitative estimate of drug-likeness (QED) is 0.456. The Balaban J connectivity index is 2.56. The second-order valence-electron chi connectivity index (χ2n) is 6.77. The summed E-state index contributed by atoms with van der Waals surface area (Å²) in [4.78, 5) is 25.7. The first kappa shape index (κ1) is 18.6. The minimum atomic E-state index is -0.496. The number of ketones is 1. The van der Waals surface area contributed by atoms with E-state index in [4.69, 9.17) is 6.11 Å². The van der Waals surface area contributed by atoms with Crippen LogP contribution in [0.5, 0.6) is 0 Å². The minimum Gasteiger partial charge on any atom is -0.462 e. The molecule has 1 aliphatic rings. The molecule has 140 valence electrons. The summed E-state index contributed by atoms with van der Waals surface area (Å²) in [5, 5.41) is 0. The Labute approximate surface area is 158 Å². The molecule has 26 heavy (non-hydrogen) atoms. The highest BCUT2D eigenvalue weighted by molar-refractivity contribution is 6.28. The summed E-state index contributed by atoms with van der Waals surface area (Å²) in [5.74, 6) is -0.702. The second-order valence-corrected chi connectivity index (χ2v) is 6.77. The van der Waals surface area contributed by atoms with Gasteiger partial charge in [-0.15, -0.1) is 0 Å². The third-order valence-corrected chi connectivity index (χ3v) is 4.67. The Bertz CT molecular complexity index is 731. The Hall–Kier alpha value is -2.16. The molecule has 0 aromatic heterocycles. The summed E-state index contributed by atoms with van der Waals surface area (Å²) in [6.07, 6.45) is 5.23. The van der Waals surface area contributed by atoms with Gasteiger partial charge in [-0.1, -0.05) is 69.5 Å². The third kappa shape index (κ3) is 4.94. The molecule has 0 amide bonds. The SMILES string of the molecule is [2H]/C(CCCCCC)=C1/C(C(=O)OCC)=C(c2ccccc2)C(=O)CC1C. The topological polar surface area (TPSA) is 43.4 Å². The summed E-state index contributed by atoms with van der Waals surface area (Å²) < 4.78 is 13.9. The van der Waals surface area contributed by atoms with E-state index in [9.17, 15) is 9.59 Å². The lowest BCUT2D eigenvalue weighted by atomic mass is 9.77. The zero-order valence-electron chi connectivity index (χ0n) is 17.1. The van der Waals surface area contributed by atoms with Crippen molar-refractivity contribution in [1.29, 1.82) is 0 Å². The van der Waals surface area contributed by atoms with Crippen molar-refractivity contribution >= 4 is 17.3 Å². The van der Waals surface area contributed by atoms with Gasteiger partial charge in [0.1, 0.15) is 0 Å². The van der Waals surface area contributed by atoms with E-state index in [1.165, 1.54) is 0 Å². The Morgan fingerprint density at radius 3 is 2.62 bits per heavy atom. The predicted octanol–water partition coefficient (Wildman–Crippen LogP) is 5.51. The van der Waals surface area contributed by atoms with Gasteiger partial charge in [0, 0.05) is 12.0 Å². The molecule has 3 heteroatoms. The number of Topliss-reactive ketones (excluding diaryl/α,β-unsaturated/α-hetero) is 1. The van der Waals surface area contributed by atoms with Crippen LogP contribution < -0.4 is 0 Å². The maximum atomic E-state index is 12.8. The molecule has 0 N–H and O–H groups in total. The summed E-state index contributed by atoms with van der Waals surface area (Å²) in [7, 11) is 0. The van der Waals surface area contributed by atoms with Crippen molar-refractivity contribution < 1.29 is 15.7 Å². The molecule has 0 spiro atoms. The van der Waals surface area contributed by atoms with Crippen LogP contribution in [-0.2, 0) is 14.3 Å². The van der Waals surface area contributed by atoms with Gasteiger partial charge in [-0.3, -0.25) is 4.79 Å². The van der Waals surface area contributed by atoms with Gasteiger partial charge in [0.05, 0.1) is 13.6 Å². The number of benzene rings is 1. The Morgan fingerprint density at radius 2 is 1.96 bits per heavy atom. The lowest BCUT2D eigenvalue weighted by Crippen LogP contribution is -2.25. The molecule has 0 radical (unpaired) electrons. The third-order valence-electron chi connectivity index (χ3n) is 4.67. The summed E-state index contributed by atoms with van der Waals surface area (Å²) in [5.41, 5.74) is 2.10. The normalized spacial score (nSPS) is 20.0. The smallest absolute Gasteiger partial charge is 0.339 e. The van der Waals surface area contributed by atoms with Gasteiger partial charge < -0.3 is 4.74 Å². The fraction of sp³-hybridized carbons (Fsp3) is 0.478. The highest BCUT2D eigenvalue weighted by atomic mass is 16.5. The zero-order valence-corrected chi connectivity index (χ0v) is 16.1. The Morgan fingerprint density at radius 1 is 1.23 bits per heavy atom. The van der Waals surface area contributed by atoms with Crippen molar-refractivity contribution in [2.45, 2.75) is 59.3 Å². The number of ether oxygens (including phenoxy) is 1. The van der Waals surface area contributed by atoms with Crippen molar-refractivity contribution in [3.63, 3.8) is 0 Å².